The molecule has 1 aromatic rings. The average Bonchev–Trinajstić information content (AvgIpc) is 2.33. The summed E-state index contributed by atoms with van der Waals surface area (Å²) in [7, 11) is 0. The van der Waals surface area contributed by atoms with Crippen molar-refractivity contribution in [1.29, 1.82) is 0 Å². The van der Waals surface area contributed by atoms with E-state index < -0.39 is 0 Å². The molecule has 1 aliphatic rings. The fraction of sp³-hybridized carbons (Fsp3) is 0.615. The summed E-state index contributed by atoms with van der Waals surface area (Å²) in [6.07, 6.45) is 8.38. The van der Waals surface area contributed by atoms with Gasteiger partial charge in [0.25, 0.3) is 0 Å². The average molecular weight is 293 g/mol. The molecule has 1 heterocycles. The first-order valence-electron chi connectivity index (χ1n) is 6.07. The lowest BCUT2D eigenvalue weighted by Gasteiger charge is -2.25. The van der Waals surface area contributed by atoms with Crippen LogP contribution in [0.25, 0.3) is 0 Å². The molecule has 0 saturated heterocycles. The SMILES string of the molecule is Cl.Cl.N[C@H]1CC[C@H](COCc2cccnc2)CC1. The molecule has 5 heteroatoms. The Morgan fingerprint density at radius 3 is 2.56 bits per heavy atom. The van der Waals surface area contributed by atoms with Gasteiger partial charge < -0.3 is 10.5 Å². The van der Waals surface area contributed by atoms with E-state index in [0.717, 1.165) is 25.0 Å². The first kappa shape index (κ1) is 17.6. The van der Waals surface area contributed by atoms with Crippen molar-refractivity contribution in [2.75, 3.05) is 6.61 Å². The molecule has 0 bridgehead atoms. The van der Waals surface area contributed by atoms with Crippen molar-refractivity contribution in [2.45, 2.75) is 38.3 Å². The van der Waals surface area contributed by atoms with Crippen molar-refractivity contribution >= 4 is 24.8 Å². The van der Waals surface area contributed by atoms with E-state index in [1.54, 1.807) is 6.20 Å². The van der Waals surface area contributed by atoms with Crippen LogP contribution in [0.15, 0.2) is 24.5 Å². The zero-order valence-electron chi connectivity index (χ0n) is 10.5. The zero-order valence-corrected chi connectivity index (χ0v) is 12.1. The Bertz CT molecular complexity index is 303. The van der Waals surface area contributed by atoms with Crippen LogP contribution in [0.5, 0.6) is 0 Å². The summed E-state index contributed by atoms with van der Waals surface area (Å²) in [5.41, 5.74) is 7.02. The van der Waals surface area contributed by atoms with Crippen LogP contribution in [0.1, 0.15) is 31.2 Å². The second-order valence-corrected chi connectivity index (χ2v) is 4.66. The number of nitrogens with zero attached hydrogens (tertiary/aromatic N) is 1. The fourth-order valence-corrected chi connectivity index (χ4v) is 2.18. The van der Waals surface area contributed by atoms with E-state index in [9.17, 15) is 0 Å². The second-order valence-electron chi connectivity index (χ2n) is 4.66. The number of pyridine rings is 1. The summed E-state index contributed by atoms with van der Waals surface area (Å²) in [5.74, 6) is 0.705. The summed E-state index contributed by atoms with van der Waals surface area (Å²) in [4.78, 5) is 4.06. The largest absolute Gasteiger partial charge is 0.376 e. The summed E-state index contributed by atoms with van der Waals surface area (Å²) in [5, 5.41) is 0. The lowest BCUT2D eigenvalue weighted by Crippen LogP contribution is -2.28. The van der Waals surface area contributed by atoms with Gasteiger partial charge in [-0.2, -0.15) is 0 Å². The molecule has 1 aliphatic carbocycles. The molecule has 0 atom stereocenters. The van der Waals surface area contributed by atoms with Gasteiger partial charge in [-0.25, -0.2) is 0 Å². The van der Waals surface area contributed by atoms with Crippen LogP contribution in [0, 0.1) is 5.92 Å². The molecule has 0 spiro atoms. The minimum atomic E-state index is 0. The standard InChI is InChI=1S/C13H20N2O.2ClH/c14-13-5-3-11(4-6-13)9-16-10-12-2-1-7-15-8-12;;/h1-2,7-8,11,13H,3-6,9-10,14H2;2*1H/t11-,13-;;. The summed E-state index contributed by atoms with van der Waals surface area (Å²) < 4.78 is 5.71. The van der Waals surface area contributed by atoms with Crippen LogP contribution in [0.4, 0.5) is 0 Å². The number of halogens is 2. The molecule has 0 aliphatic heterocycles. The van der Waals surface area contributed by atoms with Gasteiger partial charge in [-0.05, 0) is 43.2 Å². The van der Waals surface area contributed by atoms with Gasteiger partial charge in [0, 0.05) is 25.0 Å². The van der Waals surface area contributed by atoms with Crippen LogP contribution in [-0.4, -0.2) is 17.6 Å². The Balaban J connectivity index is 0.00000144. The normalized spacial score (nSPS) is 22.7. The van der Waals surface area contributed by atoms with E-state index in [4.69, 9.17) is 10.5 Å². The summed E-state index contributed by atoms with van der Waals surface area (Å²) in [6, 6.07) is 4.41. The van der Waals surface area contributed by atoms with Crippen molar-refractivity contribution in [3.05, 3.63) is 30.1 Å². The van der Waals surface area contributed by atoms with Crippen molar-refractivity contribution in [3.8, 4) is 0 Å². The Labute approximate surface area is 121 Å². The van der Waals surface area contributed by atoms with Crippen LogP contribution in [0.2, 0.25) is 0 Å². The molecular formula is C13H22Cl2N2O. The predicted molar refractivity (Wildman–Crippen MR) is 78.3 cm³/mol. The third-order valence-electron chi connectivity index (χ3n) is 3.24. The maximum Gasteiger partial charge on any atom is 0.0731 e. The number of ether oxygens (including phenoxy) is 1. The molecule has 2 N–H and O–H groups in total. The predicted octanol–water partition coefficient (Wildman–Crippen LogP) is 2.96. The van der Waals surface area contributed by atoms with Crippen molar-refractivity contribution in [1.82, 2.24) is 4.98 Å². The molecule has 1 saturated carbocycles. The Morgan fingerprint density at radius 1 is 1.22 bits per heavy atom. The molecule has 0 aromatic carbocycles. The van der Waals surface area contributed by atoms with Crippen LogP contribution in [0.3, 0.4) is 0 Å². The first-order chi connectivity index (χ1) is 7.84. The van der Waals surface area contributed by atoms with E-state index >= 15 is 0 Å². The zero-order chi connectivity index (χ0) is 11.2. The molecule has 0 unspecified atom stereocenters. The molecule has 104 valence electrons. The minimum Gasteiger partial charge on any atom is -0.376 e. The topological polar surface area (TPSA) is 48.1 Å². The molecule has 3 nitrogen and oxygen atoms in total. The first-order valence-corrected chi connectivity index (χ1v) is 6.07. The molecular weight excluding hydrogens is 271 g/mol. The molecule has 18 heavy (non-hydrogen) atoms. The van der Waals surface area contributed by atoms with E-state index in [0.29, 0.717) is 18.6 Å². The number of rotatable bonds is 4. The van der Waals surface area contributed by atoms with Gasteiger partial charge in [-0.3, -0.25) is 4.98 Å². The lowest BCUT2D eigenvalue weighted by molar-refractivity contribution is 0.0717. The Hall–Kier alpha value is -0.350. The quantitative estimate of drug-likeness (QED) is 0.928. The van der Waals surface area contributed by atoms with Crippen molar-refractivity contribution in [3.63, 3.8) is 0 Å². The minimum absolute atomic E-state index is 0. The Morgan fingerprint density at radius 2 is 1.94 bits per heavy atom. The molecule has 0 amide bonds. The van der Waals surface area contributed by atoms with Gasteiger partial charge in [-0.15, -0.1) is 24.8 Å². The summed E-state index contributed by atoms with van der Waals surface area (Å²) >= 11 is 0. The van der Waals surface area contributed by atoms with E-state index in [-0.39, 0.29) is 24.8 Å². The highest BCUT2D eigenvalue weighted by molar-refractivity contribution is 5.85. The number of hydrogen-bond acceptors (Lipinski definition) is 3. The highest BCUT2D eigenvalue weighted by Gasteiger charge is 2.18. The van der Waals surface area contributed by atoms with E-state index in [2.05, 4.69) is 4.98 Å². The monoisotopic (exact) mass is 292 g/mol. The van der Waals surface area contributed by atoms with Gasteiger partial charge in [0.1, 0.15) is 0 Å². The Kier molecular flexibility index (Phi) is 9.38. The smallest absolute Gasteiger partial charge is 0.0731 e. The van der Waals surface area contributed by atoms with Gasteiger partial charge >= 0.3 is 0 Å². The number of nitrogens with two attached hydrogens (primary N) is 1. The molecule has 0 radical (unpaired) electrons. The molecule has 1 aromatic heterocycles. The lowest BCUT2D eigenvalue weighted by atomic mass is 9.87. The third kappa shape index (κ3) is 6.01. The maximum absolute atomic E-state index is 5.87. The van der Waals surface area contributed by atoms with Crippen LogP contribution in [-0.2, 0) is 11.3 Å². The third-order valence-corrected chi connectivity index (χ3v) is 3.24. The van der Waals surface area contributed by atoms with Gasteiger partial charge in [0.05, 0.1) is 6.61 Å². The second kappa shape index (κ2) is 9.56. The van der Waals surface area contributed by atoms with Crippen LogP contribution >= 0.6 is 24.8 Å². The molecule has 1 fully saturated rings. The summed E-state index contributed by atoms with van der Waals surface area (Å²) in [6.45, 7) is 1.54. The van der Waals surface area contributed by atoms with Crippen molar-refractivity contribution in [2.24, 2.45) is 11.7 Å². The van der Waals surface area contributed by atoms with Gasteiger partial charge in [0.2, 0.25) is 0 Å². The number of hydrogen-bond donors (Lipinski definition) is 1. The highest BCUT2D eigenvalue weighted by Crippen LogP contribution is 2.23. The van der Waals surface area contributed by atoms with Gasteiger partial charge in [-0.1, -0.05) is 6.07 Å². The fourth-order valence-electron chi connectivity index (χ4n) is 2.18. The number of aromatic nitrogens is 1. The highest BCUT2D eigenvalue weighted by atomic mass is 35.5. The molecule has 2 rings (SSSR count). The van der Waals surface area contributed by atoms with Crippen molar-refractivity contribution < 1.29 is 4.74 Å². The van der Waals surface area contributed by atoms with Crippen LogP contribution < -0.4 is 5.73 Å². The van der Waals surface area contributed by atoms with E-state index in [1.165, 1.54) is 12.8 Å². The van der Waals surface area contributed by atoms with Gasteiger partial charge in [0.15, 0.2) is 0 Å². The van der Waals surface area contributed by atoms with E-state index in [1.807, 2.05) is 18.3 Å². The maximum atomic E-state index is 5.87.